The number of H-pyrrole nitrogens is 1. The van der Waals surface area contributed by atoms with Gasteiger partial charge in [0.15, 0.2) is 23.5 Å². The molecule has 0 amide bonds. The third-order valence-electron chi connectivity index (χ3n) is 7.43. The summed E-state index contributed by atoms with van der Waals surface area (Å²) in [4.78, 5) is 77.7. The molecule has 1 saturated heterocycles. The minimum Gasteiger partial charge on any atom is -0.453 e. The summed E-state index contributed by atoms with van der Waals surface area (Å²) in [6.07, 6.45) is -6.84. The van der Waals surface area contributed by atoms with Crippen molar-refractivity contribution in [3.8, 4) is 0 Å². The Balaban J connectivity index is 2.70. The molecule has 0 saturated carbocycles. The number of nitrogens with one attached hydrogen (secondary N) is 1. The monoisotopic (exact) mass is 819 g/mol. The van der Waals surface area contributed by atoms with Crippen LogP contribution < -0.4 is 17.0 Å². The Morgan fingerprint density at radius 2 is 1.48 bits per heavy atom. The number of rotatable bonds is 19. The van der Waals surface area contributed by atoms with E-state index in [0.717, 1.165) is 19.2 Å². The van der Waals surface area contributed by atoms with E-state index in [1.165, 1.54) is 27.7 Å². The van der Waals surface area contributed by atoms with Gasteiger partial charge in [0.05, 0.1) is 18.8 Å². The molecule has 2 heterocycles. The molecule has 1 aromatic heterocycles. The summed E-state index contributed by atoms with van der Waals surface area (Å²) < 4.78 is 82.4. The highest BCUT2D eigenvalue weighted by Gasteiger charge is 2.68. The number of aromatic nitrogens is 2. The van der Waals surface area contributed by atoms with Crippen LogP contribution >= 0.6 is 19.4 Å². The summed E-state index contributed by atoms with van der Waals surface area (Å²) in [6, 6.07) is -0.435. The first-order chi connectivity index (χ1) is 25.0. The quantitative estimate of drug-likeness (QED) is 0.0666. The first-order valence-corrected chi connectivity index (χ1v) is 18.5. The molecule has 54 heavy (non-hydrogen) atoms. The molecule has 0 radical (unpaired) electrons. The van der Waals surface area contributed by atoms with Crippen LogP contribution in [0.4, 0.5) is 14.0 Å². The van der Waals surface area contributed by atoms with Crippen LogP contribution in [0.25, 0.3) is 0 Å². The second kappa shape index (κ2) is 19.8. The molecule has 1 aliphatic heterocycles. The average Bonchev–Trinajstić information content (AvgIpc) is 3.29. The number of phosphoric ester groups is 1. The summed E-state index contributed by atoms with van der Waals surface area (Å²) in [5.74, 6) is -3.33. The van der Waals surface area contributed by atoms with Crippen LogP contribution in [0.2, 0.25) is 0 Å². The number of phosphoric acid groups is 1. The van der Waals surface area contributed by atoms with E-state index >= 15 is 4.39 Å². The van der Waals surface area contributed by atoms with Gasteiger partial charge in [-0.25, -0.2) is 32.4 Å². The lowest BCUT2D eigenvalue weighted by Crippen LogP contribution is -2.59. The van der Waals surface area contributed by atoms with Crippen molar-refractivity contribution in [2.45, 2.75) is 109 Å². The summed E-state index contributed by atoms with van der Waals surface area (Å²) in [6.45, 7) is 8.25. The van der Waals surface area contributed by atoms with Crippen LogP contribution in [0.15, 0.2) is 21.9 Å². The third-order valence-corrected chi connectivity index (χ3v) is 9.40. The van der Waals surface area contributed by atoms with E-state index < -0.39 is 129 Å². The van der Waals surface area contributed by atoms with Crippen molar-refractivity contribution in [2.24, 2.45) is 17.6 Å². The highest BCUT2D eigenvalue weighted by atomic mass is 35.5. The van der Waals surface area contributed by atoms with Crippen molar-refractivity contribution >= 4 is 43.7 Å². The van der Waals surface area contributed by atoms with Crippen molar-refractivity contribution in [3.05, 3.63) is 33.1 Å². The van der Waals surface area contributed by atoms with Gasteiger partial charge in [-0.3, -0.25) is 28.5 Å². The van der Waals surface area contributed by atoms with Crippen molar-refractivity contribution < 1.29 is 74.9 Å². The van der Waals surface area contributed by atoms with Crippen LogP contribution in [0.3, 0.4) is 0 Å². The number of nitrogens with two attached hydrogens (primary N) is 1. The molecule has 0 spiro atoms. The topological polar surface area (TPSA) is 259 Å². The molecule has 0 aromatic carbocycles. The van der Waals surface area contributed by atoms with Gasteiger partial charge in [-0.15, -0.1) is 11.6 Å². The Labute approximate surface area is 314 Å². The molecule has 0 aliphatic carbocycles. The second-order valence-corrected chi connectivity index (χ2v) is 15.5. The molecule has 1 aliphatic rings. The van der Waals surface area contributed by atoms with Crippen LogP contribution in [0, 0.1) is 11.8 Å². The van der Waals surface area contributed by atoms with E-state index in [4.69, 9.17) is 64.1 Å². The lowest BCUT2D eigenvalue weighted by Gasteiger charge is -2.38. The molecule has 308 valence electrons. The maximum absolute atomic E-state index is 15.7. The number of ether oxygens (including phenoxy) is 7. The Kier molecular flexibility index (Phi) is 17.1. The van der Waals surface area contributed by atoms with Crippen LogP contribution in [0.1, 0.15) is 68.5 Å². The van der Waals surface area contributed by atoms with Crippen LogP contribution in [-0.4, -0.2) is 102 Å². The fraction of sp³-hybridized carbons (Fsp3) is 0.742. The number of halogens is 2. The minimum atomic E-state index is -5.13. The summed E-state index contributed by atoms with van der Waals surface area (Å²) in [5, 5.41) is -1.33. The second-order valence-electron chi connectivity index (χ2n) is 13.4. The summed E-state index contributed by atoms with van der Waals surface area (Å²) >= 11 is 6.30. The molecule has 23 heteroatoms. The van der Waals surface area contributed by atoms with E-state index in [2.05, 4.69) is 0 Å². The lowest BCUT2D eigenvalue weighted by molar-refractivity contribution is -0.191. The van der Waals surface area contributed by atoms with E-state index in [-0.39, 0.29) is 0 Å². The first-order valence-electron chi connectivity index (χ1n) is 16.6. The SMILES string of the molecule is CC(C)OC(=O)OCOP(=O)(OCOC(=O)OC(C)C)OC[C@@]1(CF)O[C@@H](n2ccc(=O)[nH]c2=O)[C@](C)(OC(=O)C(Cl)C(C)C)[C@@H]1OC(=O)C(N)C(C)C. The highest BCUT2D eigenvalue weighted by Crippen LogP contribution is 2.54. The predicted molar refractivity (Wildman–Crippen MR) is 183 cm³/mol. The summed E-state index contributed by atoms with van der Waals surface area (Å²) in [7, 11) is -5.13. The fourth-order valence-corrected chi connectivity index (χ4v) is 5.63. The molecule has 2 unspecified atom stereocenters. The van der Waals surface area contributed by atoms with Gasteiger partial charge in [-0.05, 0) is 46.5 Å². The number of carbonyl (C=O) groups is 4. The minimum absolute atomic E-state index is 0.524. The van der Waals surface area contributed by atoms with Gasteiger partial charge in [-0.1, -0.05) is 27.7 Å². The van der Waals surface area contributed by atoms with E-state index in [1.807, 2.05) is 4.98 Å². The van der Waals surface area contributed by atoms with Gasteiger partial charge in [-0.2, -0.15) is 0 Å². The normalized spacial score (nSPS) is 22.6. The standard InChI is InChI=1S/C31H48ClFN3O17P/c1-16(2)21(32)23(38)52-30(9)25(51-24(39)22(34)17(3)4)31(12-33,53-26(30)36-11-10-20(37)35-27(36)40)13-46-54(43,47-14-44-28(41)49-18(5)6)48-15-45-29(42)50-19(7)8/h10-11,16-19,21-22,25-26H,12-15,34H2,1-9H3,(H,35,37,40)/t21?,22?,25-,26+,30+,31+/m0/s1. The maximum Gasteiger partial charge on any atom is 0.510 e. The molecule has 3 N–H and O–H groups in total. The van der Waals surface area contributed by atoms with Gasteiger partial charge in [0.1, 0.15) is 18.1 Å². The maximum atomic E-state index is 15.7. The van der Waals surface area contributed by atoms with Gasteiger partial charge in [0.2, 0.25) is 13.6 Å². The van der Waals surface area contributed by atoms with Gasteiger partial charge >= 0.3 is 37.8 Å². The largest absolute Gasteiger partial charge is 0.510 e. The highest BCUT2D eigenvalue weighted by molar-refractivity contribution is 7.48. The van der Waals surface area contributed by atoms with Crippen molar-refractivity contribution in [3.63, 3.8) is 0 Å². The van der Waals surface area contributed by atoms with Crippen molar-refractivity contribution in [1.29, 1.82) is 0 Å². The van der Waals surface area contributed by atoms with E-state index in [0.29, 0.717) is 4.57 Å². The molecular formula is C31H48ClFN3O17P. The smallest absolute Gasteiger partial charge is 0.453 e. The first kappa shape index (κ1) is 46.6. The number of hydrogen-bond acceptors (Lipinski definition) is 18. The molecule has 0 bridgehead atoms. The van der Waals surface area contributed by atoms with Crippen LogP contribution in [-0.2, 0) is 60.9 Å². The zero-order valence-electron chi connectivity index (χ0n) is 31.3. The Morgan fingerprint density at radius 3 is 1.93 bits per heavy atom. The number of aromatic amines is 1. The van der Waals surface area contributed by atoms with E-state index in [1.54, 1.807) is 27.7 Å². The Hall–Kier alpha value is -3.59. The molecule has 6 atom stereocenters. The number of esters is 2. The predicted octanol–water partition coefficient (Wildman–Crippen LogP) is 3.43. The van der Waals surface area contributed by atoms with Gasteiger partial charge < -0.3 is 38.9 Å². The van der Waals surface area contributed by atoms with E-state index in [9.17, 15) is 33.3 Å². The zero-order valence-corrected chi connectivity index (χ0v) is 32.9. The van der Waals surface area contributed by atoms with Crippen molar-refractivity contribution in [1.82, 2.24) is 9.55 Å². The van der Waals surface area contributed by atoms with Crippen molar-refractivity contribution in [2.75, 3.05) is 26.9 Å². The zero-order chi connectivity index (χ0) is 41.2. The number of carbonyl (C=O) groups excluding carboxylic acids is 4. The molecular weight excluding hydrogens is 772 g/mol. The number of hydrogen-bond donors (Lipinski definition) is 2. The Bertz CT molecular complexity index is 1590. The third kappa shape index (κ3) is 12.5. The molecule has 1 fully saturated rings. The van der Waals surface area contributed by atoms with Crippen LogP contribution in [0.5, 0.6) is 0 Å². The van der Waals surface area contributed by atoms with Gasteiger partial charge in [0, 0.05) is 12.3 Å². The average molecular weight is 820 g/mol. The Morgan fingerprint density at radius 1 is 0.944 bits per heavy atom. The summed E-state index contributed by atoms with van der Waals surface area (Å²) in [5.41, 5.74) is -0.982. The fourth-order valence-electron chi connectivity index (χ4n) is 4.62. The molecule has 2 rings (SSSR count). The molecule has 20 nitrogen and oxygen atoms in total. The number of nitrogens with zero attached hydrogens (tertiary/aromatic N) is 1. The molecule has 1 aromatic rings. The lowest BCUT2D eigenvalue weighted by atomic mass is 9.87. The van der Waals surface area contributed by atoms with Gasteiger partial charge in [0.25, 0.3) is 5.56 Å². The number of alkyl halides is 2.